The van der Waals surface area contributed by atoms with Gasteiger partial charge in [-0.25, -0.2) is 16.8 Å². The number of hydrogen-bond donors (Lipinski definition) is 1. The Bertz CT molecular complexity index is 960. The van der Waals surface area contributed by atoms with Crippen LogP contribution in [0.5, 0.6) is 0 Å². The maximum Gasteiger partial charge on any atom is 0.324 e. The molecule has 1 N–H and O–H groups in total. The first-order valence-corrected chi connectivity index (χ1v) is 13.0. The van der Waals surface area contributed by atoms with Gasteiger partial charge in [0.25, 0.3) is 5.91 Å². The van der Waals surface area contributed by atoms with Crippen molar-refractivity contribution in [3.63, 3.8) is 0 Å². The van der Waals surface area contributed by atoms with Crippen LogP contribution in [0.1, 0.15) is 27.2 Å². The third-order valence-corrected chi connectivity index (χ3v) is 7.92. The molecule has 0 spiro atoms. The first-order chi connectivity index (χ1) is 13.9. The third kappa shape index (κ3) is 6.78. The van der Waals surface area contributed by atoms with E-state index in [2.05, 4.69) is 4.72 Å². The topological polar surface area (TPSA) is 127 Å². The van der Waals surface area contributed by atoms with Crippen molar-refractivity contribution in [2.75, 3.05) is 24.7 Å². The van der Waals surface area contributed by atoms with E-state index in [1.54, 1.807) is 18.2 Å². The molecule has 1 fully saturated rings. The van der Waals surface area contributed by atoms with Gasteiger partial charge >= 0.3 is 5.97 Å². The summed E-state index contributed by atoms with van der Waals surface area (Å²) in [4.78, 5) is 26.3. The average Bonchev–Trinajstić information content (AvgIpc) is 3.03. The number of carbonyl (C=O) groups is 2. The Balaban J connectivity index is 1.96. The van der Waals surface area contributed by atoms with Crippen molar-refractivity contribution in [2.45, 2.75) is 44.2 Å². The molecule has 11 heteroatoms. The predicted molar refractivity (Wildman–Crippen MR) is 111 cm³/mol. The van der Waals surface area contributed by atoms with Gasteiger partial charge in [-0.3, -0.25) is 9.59 Å². The molecule has 2 atom stereocenters. The van der Waals surface area contributed by atoms with Crippen molar-refractivity contribution in [2.24, 2.45) is 5.92 Å². The third-order valence-electron chi connectivity index (χ3n) is 4.61. The molecular formula is C19H28N2O7S2. The largest absolute Gasteiger partial charge is 0.454 e. The molecule has 9 nitrogen and oxygen atoms in total. The molecule has 2 rings (SSSR count). The molecule has 0 bridgehead atoms. The second kappa shape index (κ2) is 9.88. The highest BCUT2D eigenvalue weighted by Gasteiger charge is 2.35. The number of amides is 1. The zero-order valence-electron chi connectivity index (χ0n) is 17.3. The van der Waals surface area contributed by atoms with Crippen molar-refractivity contribution in [1.29, 1.82) is 0 Å². The molecule has 0 aromatic heterocycles. The van der Waals surface area contributed by atoms with Crippen LogP contribution in [0.3, 0.4) is 0 Å². The summed E-state index contributed by atoms with van der Waals surface area (Å²) >= 11 is 0. The molecule has 0 saturated carbocycles. The summed E-state index contributed by atoms with van der Waals surface area (Å²) in [7, 11) is -7.09. The molecule has 1 saturated heterocycles. The fourth-order valence-corrected chi connectivity index (χ4v) is 6.10. The quantitative estimate of drug-likeness (QED) is 0.534. The maximum atomic E-state index is 12.6. The number of rotatable bonds is 9. The summed E-state index contributed by atoms with van der Waals surface area (Å²) in [6.07, 6.45) is 0.349. The van der Waals surface area contributed by atoms with Gasteiger partial charge in [-0.05, 0) is 31.4 Å². The summed E-state index contributed by atoms with van der Waals surface area (Å²) < 4.78 is 55.4. The van der Waals surface area contributed by atoms with Crippen LogP contribution >= 0.6 is 0 Å². The van der Waals surface area contributed by atoms with Crippen LogP contribution in [0.4, 0.5) is 0 Å². The van der Waals surface area contributed by atoms with Gasteiger partial charge in [0, 0.05) is 12.6 Å². The van der Waals surface area contributed by atoms with Crippen LogP contribution in [0, 0.1) is 5.92 Å². The van der Waals surface area contributed by atoms with Crippen molar-refractivity contribution >= 4 is 31.7 Å². The molecule has 168 valence electrons. The van der Waals surface area contributed by atoms with E-state index in [1.807, 2.05) is 13.8 Å². The van der Waals surface area contributed by atoms with Crippen molar-refractivity contribution in [3.05, 3.63) is 30.3 Å². The molecule has 30 heavy (non-hydrogen) atoms. The Kier molecular flexibility index (Phi) is 8.00. The van der Waals surface area contributed by atoms with Crippen molar-refractivity contribution in [3.8, 4) is 0 Å². The van der Waals surface area contributed by atoms with E-state index >= 15 is 0 Å². The highest BCUT2D eigenvalue weighted by atomic mass is 32.2. The number of sulfone groups is 1. The standard InChI is InChI=1S/C19H28N2O7S2/c1-14(2)11-21(16-9-10-29(24,25)13-16)18(22)12-28-19(23)15(3)20-30(26,27)17-7-5-4-6-8-17/h4-8,14-16,20H,9-13H2,1-3H3/t15-,16?/m0/s1. The number of carbonyl (C=O) groups excluding carboxylic acids is 2. The smallest absolute Gasteiger partial charge is 0.324 e. The van der Waals surface area contributed by atoms with Crippen LogP contribution in [-0.2, 0) is 34.2 Å². The van der Waals surface area contributed by atoms with Gasteiger partial charge in [-0.1, -0.05) is 32.0 Å². The molecule has 1 aromatic rings. The van der Waals surface area contributed by atoms with E-state index in [-0.39, 0.29) is 22.3 Å². The number of nitrogens with one attached hydrogen (secondary N) is 1. The predicted octanol–water partition coefficient (Wildman–Crippen LogP) is 0.568. The number of benzene rings is 1. The maximum absolute atomic E-state index is 12.6. The SMILES string of the molecule is CC(C)CN(C(=O)COC(=O)[C@H](C)NS(=O)(=O)c1ccccc1)C1CCS(=O)(=O)C1. The average molecular weight is 461 g/mol. The molecular weight excluding hydrogens is 432 g/mol. The summed E-state index contributed by atoms with van der Waals surface area (Å²) in [5.74, 6) is -1.38. The van der Waals surface area contributed by atoms with Gasteiger partial charge in [0.05, 0.1) is 16.4 Å². The number of nitrogens with zero attached hydrogens (tertiary/aromatic N) is 1. The molecule has 1 unspecified atom stereocenters. The number of ether oxygens (including phenoxy) is 1. The lowest BCUT2D eigenvalue weighted by atomic mass is 10.1. The minimum absolute atomic E-state index is 0.00581. The van der Waals surface area contributed by atoms with Gasteiger partial charge in [0.2, 0.25) is 10.0 Å². The molecule has 0 radical (unpaired) electrons. The van der Waals surface area contributed by atoms with Crippen LogP contribution in [0.25, 0.3) is 0 Å². The fraction of sp³-hybridized carbons (Fsp3) is 0.579. The first kappa shape index (κ1) is 24.3. The van der Waals surface area contributed by atoms with E-state index < -0.39 is 50.4 Å². The van der Waals surface area contributed by atoms with Gasteiger partial charge < -0.3 is 9.64 Å². The minimum atomic E-state index is -3.91. The Morgan fingerprint density at radius 2 is 1.83 bits per heavy atom. The second-order valence-electron chi connectivity index (χ2n) is 7.76. The van der Waals surface area contributed by atoms with Gasteiger partial charge in [0.1, 0.15) is 6.04 Å². The first-order valence-electron chi connectivity index (χ1n) is 9.65. The van der Waals surface area contributed by atoms with E-state index in [9.17, 15) is 26.4 Å². The lowest BCUT2D eigenvalue weighted by molar-refractivity contribution is -0.154. The monoisotopic (exact) mass is 460 g/mol. The van der Waals surface area contributed by atoms with Crippen molar-refractivity contribution < 1.29 is 31.2 Å². The number of esters is 1. The molecule has 1 aromatic carbocycles. The van der Waals surface area contributed by atoms with Crippen LogP contribution in [0.2, 0.25) is 0 Å². The fourth-order valence-electron chi connectivity index (χ4n) is 3.16. The van der Waals surface area contributed by atoms with Crippen molar-refractivity contribution in [1.82, 2.24) is 9.62 Å². The molecule has 1 amide bonds. The Hall–Kier alpha value is -1.98. The van der Waals surface area contributed by atoms with Gasteiger partial charge in [0.15, 0.2) is 16.4 Å². The lowest BCUT2D eigenvalue weighted by Gasteiger charge is -2.29. The summed E-state index contributed by atoms with van der Waals surface area (Å²) in [6.45, 7) is 4.88. The van der Waals surface area contributed by atoms with Gasteiger partial charge in [-0.2, -0.15) is 4.72 Å². The molecule has 0 aliphatic carbocycles. The van der Waals surface area contributed by atoms with E-state index in [4.69, 9.17) is 4.74 Å². The number of hydrogen-bond acceptors (Lipinski definition) is 7. The molecule has 1 aliphatic heterocycles. The molecule has 1 aliphatic rings. The second-order valence-corrected chi connectivity index (χ2v) is 11.7. The van der Waals surface area contributed by atoms with E-state index in [0.717, 1.165) is 0 Å². The van der Waals surface area contributed by atoms with Gasteiger partial charge in [-0.15, -0.1) is 0 Å². The van der Waals surface area contributed by atoms with Crippen LogP contribution in [0.15, 0.2) is 35.2 Å². The Morgan fingerprint density at radius 1 is 1.20 bits per heavy atom. The molecule has 1 heterocycles. The minimum Gasteiger partial charge on any atom is -0.454 e. The van der Waals surface area contributed by atoms with E-state index in [0.29, 0.717) is 13.0 Å². The normalized spacial score (nSPS) is 19.4. The summed E-state index contributed by atoms with van der Waals surface area (Å²) in [5, 5.41) is 0. The van der Waals surface area contributed by atoms with Crippen LogP contribution in [-0.4, -0.2) is 70.4 Å². The number of sulfonamides is 1. The summed E-state index contributed by atoms with van der Waals surface area (Å²) in [5.41, 5.74) is 0. The zero-order chi connectivity index (χ0) is 22.5. The Labute approximate surface area is 177 Å². The van der Waals surface area contributed by atoms with Crippen LogP contribution < -0.4 is 4.72 Å². The summed E-state index contributed by atoms with van der Waals surface area (Å²) in [6, 6.07) is 5.92. The highest BCUT2D eigenvalue weighted by molar-refractivity contribution is 7.91. The van der Waals surface area contributed by atoms with E-state index in [1.165, 1.54) is 24.0 Å². The highest BCUT2D eigenvalue weighted by Crippen LogP contribution is 2.19. The Morgan fingerprint density at radius 3 is 2.37 bits per heavy atom. The zero-order valence-corrected chi connectivity index (χ0v) is 18.9. The lowest BCUT2D eigenvalue weighted by Crippen LogP contribution is -2.46.